The Hall–Kier alpha value is -1.40. The van der Waals surface area contributed by atoms with Gasteiger partial charge in [-0.2, -0.15) is 4.31 Å². The van der Waals surface area contributed by atoms with Crippen molar-refractivity contribution in [3.05, 3.63) is 65.2 Å². The Bertz CT molecular complexity index is 868. The van der Waals surface area contributed by atoms with Gasteiger partial charge >= 0.3 is 0 Å². The molecule has 1 unspecified atom stereocenters. The highest BCUT2D eigenvalue weighted by Gasteiger charge is 2.40. The van der Waals surface area contributed by atoms with Gasteiger partial charge < -0.3 is 0 Å². The summed E-state index contributed by atoms with van der Waals surface area (Å²) in [4.78, 5) is 2.74. The van der Waals surface area contributed by atoms with Crippen LogP contribution in [0.5, 0.6) is 0 Å². The summed E-state index contributed by atoms with van der Waals surface area (Å²) in [5.41, 5.74) is 1.17. The van der Waals surface area contributed by atoms with Gasteiger partial charge in [0, 0.05) is 36.7 Å². The van der Waals surface area contributed by atoms with Gasteiger partial charge in [0.2, 0.25) is 10.0 Å². The second-order valence-electron chi connectivity index (χ2n) is 7.14. The maximum Gasteiger partial charge on any atom is 0.243 e. The molecule has 1 saturated carbocycles. The van der Waals surface area contributed by atoms with E-state index in [0.29, 0.717) is 17.6 Å². The van der Waals surface area contributed by atoms with Crippen LogP contribution in [-0.2, 0) is 16.4 Å². The molecule has 0 aromatic heterocycles. The molecule has 2 aliphatic rings. The Morgan fingerprint density at radius 1 is 1.00 bits per heavy atom. The van der Waals surface area contributed by atoms with Gasteiger partial charge in [-0.3, -0.25) is 4.90 Å². The second-order valence-corrected chi connectivity index (χ2v) is 9.47. The fourth-order valence-corrected chi connectivity index (χ4v) is 5.67. The zero-order valence-corrected chi connectivity index (χ0v) is 16.2. The topological polar surface area (TPSA) is 40.6 Å². The number of piperazine rings is 1. The quantitative estimate of drug-likeness (QED) is 0.785. The van der Waals surface area contributed by atoms with E-state index in [0.717, 1.165) is 19.5 Å². The Balaban J connectivity index is 1.63. The number of benzene rings is 2. The van der Waals surface area contributed by atoms with Gasteiger partial charge in [-0.1, -0.05) is 48.0 Å². The summed E-state index contributed by atoms with van der Waals surface area (Å²) in [6.07, 6.45) is 3.20. The number of sulfonamides is 1. The van der Waals surface area contributed by atoms with Crippen LogP contribution in [0.25, 0.3) is 0 Å². The maximum absolute atomic E-state index is 13.3. The van der Waals surface area contributed by atoms with E-state index < -0.39 is 10.0 Å². The van der Waals surface area contributed by atoms with Crippen LogP contribution in [0.2, 0.25) is 5.02 Å². The second kappa shape index (κ2) is 7.31. The summed E-state index contributed by atoms with van der Waals surface area (Å²) in [7, 11) is -3.56. The SMILES string of the molecule is O=S(=O)(c1cccc(Cl)c1)N1CCN(C2CC2)CC1Cc1ccccc1. The fourth-order valence-electron chi connectivity index (χ4n) is 3.77. The van der Waals surface area contributed by atoms with Gasteiger partial charge in [-0.15, -0.1) is 0 Å². The summed E-state index contributed by atoms with van der Waals surface area (Å²) in [6, 6.07) is 17.3. The number of halogens is 1. The lowest BCUT2D eigenvalue weighted by molar-refractivity contribution is 0.128. The molecule has 2 fully saturated rings. The number of nitrogens with zero attached hydrogens (tertiary/aromatic N) is 2. The smallest absolute Gasteiger partial charge is 0.243 e. The van der Waals surface area contributed by atoms with Gasteiger partial charge in [0.05, 0.1) is 4.90 Å². The average molecular weight is 391 g/mol. The number of rotatable bonds is 5. The van der Waals surface area contributed by atoms with Crippen LogP contribution in [0.3, 0.4) is 0 Å². The molecule has 0 N–H and O–H groups in total. The molecule has 4 nitrogen and oxygen atoms in total. The number of hydrogen-bond donors (Lipinski definition) is 0. The van der Waals surface area contributed by atoms with Crippen molar-refractivity contribution in [2.24, 2.45) is 0 Å². The molecule has 1 atom stereocenters. The minimum atomic E-state index is -3.56. The van der Waals surface area contributed by atoms with Crippen LogP contribution in [0.1, 0.15) is 18.4 Å². The van der Waals surface area contributed by atoms with Crippen LogP contribution in [-0.4, -0.2) is 49.3 Å². The Morgan fingerprint density at radius 2 is 1.77 bits per heavy atom. The van der Waals surface area contributed by atoms with E-state index in [1.807, 2.05) is 18.2 Å². The number of hydrogen-bond acceptors (Lipinski definition) is 3. The van der Waals surface area contributed by atoms with Crippen molar-refractivity contribution in [3.8, 4) is 0 Å². The lowest BCUT2D eigenvalue weighted by atomic mass is 10.0. The van der Waals surface area contributed by atoms with E-state index in [2.05, 4.69) is 17.0 Å². The van der Waals surface area contributed by atoms with Crippen LogP contribution < -0.4 is 0 Å². The minimum absolute atomic E-state index is 0.0595. The highest BCUT2D eigenvalue weighted by Crippen LogP contribution is 2.32. The summed E-state index contributed by atoms with van der Waals surface area (Å²) in [5, 5.41) is 0.447. The zero-order chi connectivity index (χ0) is 18.1. The van der Waals surface area contributed by atoms with Gasteiger partial charge in [0.1, 0.15) is 0 Å². The van der Waals surface area contributed by atoms with E-state index in [-0.39, 0.29) is 10.9 Å². The van der Waals surface area contributed by atoms with Crippen molar-refractivity contribution in [1.82, 2.24) is 9.21 Å². The van der Waals surface area contributed by atoms with E-state index in [9.17, 15) is 8.42 Å². The van der Waals surface area contributed by atoms with Crippen molar-refractivity contribution in [2.45, 2.75) is 36.2 Å². The standard InChI is InChI=1S/C20H23ClN2O2S/c21-17-7-4-8-20(14-17)26(24,25)23-12-11-22(18-9-10-18)15-19(23)13-16-5-2-1-3-6-16/h1-8,14,18-19H,9-13,15H2. The van der Waals surface area contributed by atoms with Gasteiger partial charge in [0.15, 0.2) is 0 Å². The molecule has 0 amide bonds. The molecule has 0 bridgehead atoms. The highest BCUT2D eigenvalue weighted by atomic mass is 35.5. The molecule has 0 spiro atoms. The van der Waals surface area contributed by atoms with Gasteiger partial charge in [-0.25, -0.2) is 8.42 Å². The molecule has 26 heavy (non-hydrogen) atoms. The summed E-state index contributed by atoms with van der Waals surface area (Å²) < 4.78 is 28.2. The predicted octanol–water partition coefficient (Wildman–Crippen LogP) is 3.42. The van der Waals surface area contributed by atoms with Crippen molar-refractivity contribution in [2.75, 3.05) is 19.6 Å². The Morgan fingerprint density at radius 3 is 2.46 bits per heavy atom. The van der Waals surface area contributed by atoms with E-state index >= 15 is 0 Å². The molecule has 1 heterocycles. The van der Waals surface area contributed by atoms with Gasteiger partial charge in [-0.05, 0) is 43.0 Å². The zero-order valence-electron chi connectivity index (χ0n) is 14.6. The molecule has 138 valence electrons. The molecular weight excluding hydrogens is 368 g/mol. The van der Waals surface area contributed by atoms with Crippen LogP contribution >= 0.6 is 11.6 Å². The van der Waals surface area contributed by atoms with Crippen molar-refractivity contribution >= 4 is 21.6 Å². The fraction of sp³-hybridized carbons (Fsp3) is 0.400. The van der Waals surface area contributed by atoms with Crippen LogP contribution in [0.15, 0.2) is 59.5 Å². The lowest BCUT2D eigenvalue weighted by Crippen LogP contribution is -2.56. The summed E-state index contributed by atoms with van der Waals surface area (Å²) >= 11 is 6.04. The molecular formula is C20H23ClN2O2S. The van der Waals surface area contributed by atoms with Crippen molar-refractivity contribution in [3.63, 3.8) is 0 Å². The monoisotopic (exact) mass is 390 g/mol. The first-order valence-corrected chi connectivity index (χ1v) is 10.9. The predicted molar refractivity (Wildman–Crippen MR) is 104 cm³/mol. The van der Waals surface area contributed by atoms with Crippen molar-refractivity contribution < 1.29 is 8.42 Å². The van der Waals surface area contributed by atoms with E-state index in [1.54, 1.807) is 28.6 Å². The first-order valence-electron chi connectivity index (χ1n) is 9.09. The first-order chi connectivity index (χ1) is 12.5. The van der Waals surface area contributed by atoms with Crippen LogP contribution in [0.4, 0.5) is 0 Å². The largest absolute Gasteiger partial charge is 0.297 e. The lowest BCUT2D eigenvalue weighted by Gasteiger charge is -2.41. The molecule has 1 aliphatic heterocycles. The third-order valence-corrected chi connectivity index (χ3v) is 7.42. The van der Waals surface area contributed by atoms with Crippen molar-refractivity contribution in [1.29, 1.82) is 0 Å². The first kappa shape index (κ1) is 18.0. The molecule has 2 aromatic rings. The maximum atomic E-state index is 13.3. The molecule has 1 aliphatic carbocycles. The average Bonchev–Trinajstić information content (AvgIpc) is 3.47. The molecule has 4 rings (SSSR count). The van der Waals surface area contributed by atoms with E-state index in [4.69, 9.17) is 11.6 Å². The Kier molecular flexibility index (Phi) is 5.06. The summed E-state index contributed by atoms with van der Waals surface area (Å²) in [5.74, 6) is 0. The minimum Gasteiger partial charge on any atom is -0.297 e. The highest BCUT2D eigenvalue weighted by molar-refractivity contribution is 7.89. The molecule has 2 aromatic carbocycles. The molecule has 1 saturated heterocycles. The third kappa shape index (κ3) is 3.81. The van der Waals surface area contributed by atoms with E-state index in [1.165, 1.54) is 18.4 Å². The molecule has 6 heteroatoms. The molecule has 0 radical (unpaired) electrons. The normalized spacial score (nSPS) is 22.4. The third-order valence-electron chi connectivity index (χ3n) is 5.24. The van der Waals surface area contributed by atoms with Gasteiger partial charge in [0.25, 0.3) is 0 Å². The summed E-state index contributed by atoms with van der Waals surface area (Å²) in [6.45, 7) is 2.12. The Labute approximate surface area is 160 Å². The van der Waals surface area contributed by atoms with Crippen LogP contribution in [0, 0.1) is 0 Å².